The van der Waals surface area contributed by atoms with E-state index in [4.69, 9.17) is 27.5 Å². The molecule has 0 fully saturated rings. The highest BCUT2D eigenvalue weighted by Gasteiger charge is 1.98. The zero-order valence-corrected chi connectivity index (χ0v) is 8.77. The summed E-state index contributed by atoms with van der Waals surface area (Å²) in [6.07, 6.45) is 0.446. The Kier molecular flexibility index (Phi) is 3.77. The third-order valence-electron chi connectivity index (χ3n) is 1.77. The molecule has 76 valence electrons. The standard InChI is InChI=1S/C10H13ClN2O/c1-7-6-8(2-3-9(7)11)14-5-4-10(12)13/h2-3,6H,4-5H2,1H3,(H3,12,13). The molecule has 0 amide bonds. The van der Waals surface area contributed by atoms with Crippen LogP contribution in [-0.2, 0) is 0 Å². The van der Waals surface area contributed by atoms with Gasteiger partial charge in [0.25, 0.3) is 0 Å². The molecular weight excluding hydrogens is 200 g/mol. The molecule has 0 aliphatic rings. The fourth-order valence-electron chi connectivity index (χ4n) is 0.986. The molecule has 0 aromatic heterocycles. The van der Waals surface area contributed by atoms with Crippen LogP contribution in [0.2, 0.25) is 5.02 Å². The molecule has 0 atom stereocenters. The van der Waals surface area contributed by atoms with Crippen molar-refractivity contribution < 1.29 is 4.74 Å². The number of hydrogen-bond acceptors (Lipinski definition) is 2. The molecule has 14 heavy (non-hydrogen) atoms. The first kappa shape index (κ1) is 10.9. The van der Waals surface area contributed by atoms with E-state index >= 15 is 0 Å². The molecule has 0 saturated carbocycles. The van der Waals surface area contributed by atoms with Crippen LogP contribution in [0.1, 0.15) is 12.0 Å². The molecule has 0 bridgehead atoms. The molecule has 0 radical (unpaired) electrons. The maximum Gasteiger partial charge on any atom is 0.119 e. The first-order valence-electron chi connectivity index (χ1n) is 4.31. The zero-order chi connectivity index (χ0) is 10.6. The van der Waals surface area contributed by atoms with E-state index in [0.29, 0.717) is 13.0 Å². The van der Waals surface area contributed by atoms with Crippen molar-refractivity contribution in [2.75, 3.05) is 6.61 Å². The van der Waals surface area contributed by atoms with Crippen LogP contribution in [0.5, 0.6) is 5.75 Å². The first-order valence-corrected chi connectivity index (χ1v) is 4.69. The summed E-state index contributed by atoms with van der Waals surface area (Å²) in [6, 6.07) is 5.46. The van der Waals surface area contributed by atoms with Gasteiger partial charge in [0.1, 0.15) is 5.75 Å². The number of aryl methyl sites for hydroxylation is 1. The van der Waals surface area contributed by atoms with Gasteiger partial charge in [-0.2, -0.15) is 0 Å². The van der Waals surface area contributed by atoms with E-state index in [9.17, 15) is 0 Å². The van der Waals surface area contributed by atoms with E-state index in [0.717, 1.165) is 16.3 Å². The van der Waals surface area contributed by atoms with Crippen molar-refractivity contribution in [1.29, 1.82) is 5.41 Å². The number of halogens is 1. The maximum absolute atomic E-state index is 7.01. The topological polar surface area (TPSA) is 59.1 Å². The summed E-state index contributed by atoms with van der Waals surface area (Å²) in [5.74, 6) is 0.892. The molecule has 3 N–H and O–H groups in total. The first-order chi connectivity index (χ1) is 6.59. The molecule has 0 aliphatic carbocycles. The third kappa shape index (κ3) is 3.26. The summed E-state index contributed by atoms with van der Waals surface area (Å²) in [6.45, 7) is 2.34. The van der Waals surface area contributed by atoms with Gasteiger partial charge < -0.3 is 10.5 Å². The molecule has 3 nitrogen and oxygen atoms in total. The fourth-order valence-corrected chi connectivity index (χ4v) is 1.10. The largest absolute Gasteiger partial charge is 0.493 e. The van der Waals surface area contributed by atoms with E-state index in [-0.39, 0.29) is 5.84 Å². The van der Waals surface area contributed by atoms with E-state index in [2.05, 4.69) is 0 Å². The second-order valence-electron chi connectivity index (χ2n) is 3.03. The highest BCUT2D eigenvalue weighted by atomic mass is 35.5. The Bertz CT molecular complexity index is 339. The summed E-state index contributed by atoms with van der Waals surface area (Å²) < 4.78 is 5.37. The summed E-state index contributed by atoms with van der Waals surface area (Å²) in [5, 5.41) is 7.74. The van der Waals surface area contributed by atoms with Crippen LogP contribution in [0.25, 0.3) is 0 Å². The predicted octanol–water partition coefficient (Wildman–Crippen LogP) is 2.35. The van der Waals surface area contributed by atoms with Crippen molar-refractivity contribution >= 4 is 17.4 Å². The quantitative estimate of drug-likeness (QED) is 0.595. The average molecular weight is 213 g/mol. The van der Waals surface area contributed by atoms with Gasteiger partial charge in [-0.25, -0.2) is 0 Å². The third-order valence-corrected chi connectivity index (χ3v) is 2.19. The van der Waals surface area contributed by atoms with Gasteiger partial charge in [0.2, 0.25) is 0 Å². The summed E-state index contributed by atoms with van der Waals surface area (Å²) >= 11 is 5.86. The molecule has 4 heteroatoms. The number of rotatable bonds is 4. The summed E-state index contributed by atoms with van der Waals surface area (Å²) in [5.41, 5.74) is 6.17. The molecular formula is C10H13ClN2O. The smallest absolute Gasteiger partial charge is 0.119 e. The lowest BCUT2D eigenvalue weighted by atomic mass is 10.2. The Morgan fingerprint density at radius 2 is 2.29 bits per heavy atom. The molecule has 0 unspecified atom stereocenters. The Morgan fingerprint density at radius 1 is 1.57 bits per heavy atom. The molecule has 1 rings (SSSR count). The van der Waals surface area contributed by atoms with Crippen LogP contribution < -0.4 is 10.5 Å². The number of nitrogens with two attached hydrogens (primary N) is 1. The van der Waals surface area contributed by atoms with Crippen LogP contribution in [0.4, 0.5) is 0 Å². The van der Waals surface area contributed by atoms with E-state index in [1.807, 2.05) is 13.0 Å². The number of benzene rings is 1. The Labute approximate surface area is 88.3 Å². The van der Waals surface area contributed by atoms with Crippen LogP contribution in [0.15, 0.2) is 18.2 Å². The molecule has 0 aliphatic heterocycles. The summed E-state index contributed by atoms with van der Waals surface area (Å²) in [4.78, 5) is 0. The SMILES string of the molecule is Cc1cc(OCCC(=N)N)ccc1Cl. The number of nitrogens with one attached hydrogen (secondary N) is 1. The fraction of sp³-hybridized carbons (Fsp3) is 0.300. The van der Waals surface area contributed by atoms with Gasteiger partial charge in [-0.15, -0.1) is 0 Å². The molecule has 1 aromatic carbocycles. The number of hydrogen-bond donors (Lipinski definition) is 2. The highest BCUT2D eigenvalue weighted by molar-refractivity contribution is 6.31. The highest BCUT2D eigenvalue weighted by Crippen LogP contribution is 2.20. The van der Waals surface area contributed by atoms with Gasteiger partial charge in [0.05, 0.1) is 12.4 Å². The van der Waals surface area contributed by atoms with Crippen LogP contribution in [0.3, 0.4) is 0 Å². The van der Waals surface area contributed by atoms with E-state index in [1.54, 1.807) is 12.1 Å². The van der Waals surface area contributed by atoms with E-state index in [1.165, 1.54) is 0 Å². The van der Waals surface area contributed by atoms with Gasteiger partial charge >= 0.3 is 0 Å². The lowest BCUT2D eigenvalue weighted by Gasteiger charge is -2.06. The van der Waals surface area contributed by atoms with Gasteiger partial charge in [0, 0.05) is 11.4 Å². The van der Waals surface area contributed by atoms with Crippen molar-refractivity contribution in [1.82, 2.24) is 0 Å². The molecule has 1 aromatic rings. The Hall–Kier alpha value is -1.22. The average Bonchev–Trinajstić information content (AvgIpc) is 2.10. The minimum atomic E-state index is 0.135. The molecule has 0 spiro atoms. The second-order valence-corrected chi connectivity index (χ2v) is 3.44. The van der Waals surface area contributed by atoms with Crippen molar-refractivity contribution in [3.8, 4) is 5.75 Å². The lowest BCUT2D eigenvalue weighted by molar-refractivity contribution is 0.328. The van der Waals surface area contributed by atoms with Gasteiger partial charge in [-0.05, 0) is 30.7 Å². The van der Waals surface area contributed by atoms with Gasteiger partial charge in [-0.1, -0.05) is 11.6 Å². The molecule has 0 saturated heterocycles. The zero-order valence-electron chi connectivity index (χ0n) is 8.01. The summed E-state index contributed by atoms with van der Waals surface area (Å²) in [7, 11) is 0. The van der Waals surface area contributed by atoms with Crippen molar-refractivity contribution in [3.63, 3.8) is 0 Å². The minimum absolute atomic E-state index is 0.135. The van der Waals surface area contributed by atoms with Gasteiger partial charge in [-0.3, -0.25) is 5.41 Å². The lowest BCUT2D eigenvalue weighted by Crippen LogP contribution is -2.13. The number of amidine groups is 1. The number of ether oxygens (including phenoxy) is 1. The second kappa shape index (κ2) is 4.86. The van der Waals surface area contributed by atoms with E-state index < -0.39 is 0 Å². The van der Waals surface area contributed by atoms with Crippen LogP contribution in [-0.4, -0.2) is 12.4 Å². The monoisotopic (exact) mass is 212 g/mol. The minimum Gasteiger partial charge on any atom is -0.493 e. The Balaban J connectivity index is 2.51. The predicted molar refractivity (Wildman–Crippen MR) is 58.2 cm³/mol. The van der Waals surface area contributed by atoms with Crippen LogP contribution in [0, 0.1) is 12.3 Å². The molecule has 0 heterocycles. The normalized spacial score (nSPS) is 9.86. The van der Waals surface area contributed by atoms with Gasteiger partial charge in [0.15, 0.2) is 0 Å². The van der Waals surface area contributed by atoms with Crippen LogP contribution >= 0.6 is 11.6 Å². The van der Waals surface area contributed by atoms with Crippen molar-refractivity contribution in [2.45, 2.75) is 13.3 Å². The Morgan fingerprint density at radius 3 is 2.86 bits per heavy atom. The van der Waals surface area contributed by atoms with Crippen molar-refractivity contribution in [2.24, 2.45) is 5.73 Å². The van der Waals surface area contributed by atoms with Crippen molar-refractivity contribution in [3.05, 3.63) is 28.8 Å². The maximum atomic E-state index is 7.01.